The Morgan fingerprint density at radius 2 is 2.33 bits per heavy atom. The van der Waals surface area contributed by atoms with Crippen molar-refractivity contribution in [2.75, 3.05) is 13.1 Å². The normalized spacial score (nSPS) is 24.9. The number of hydrogen-bond donors (Lipinski definition) is 1. The molecule has 6 nitrogen and oxygen atoms in total. The molecule has 1 aliphatic heterocycles. The summed E-state index contributed by atoms with van der Waals surface area (Å²) >= 11 is 0. The predicted molar refractivity (Wildman–Crippen MR) is 65.8 cm³/mol. The number of carboxylic acid groups (broad SMARTS) is 1. The van der Waals surface area contributed by atoms with Crippen LogP contribution in [0.3, 0.4) is 0 Å². The first-order chi connectivity index (χ1) is 8.45. The topological polar surface area (TPSA) is 71.2 Å². The van der Waals surface area contributed by atoms with E-state index < -0.39 is 11.4 Å². The number of carbonyl (C=O) groups is 1. The minimum absolute atomic E-state index is 0.138. The van der Waals surface area contributed by atoms with Gasteiger partial charge in [-0.05, 0) is 18.9 Å². The molecule has 6 heteroatoms. The van der Waals surface area contributed by atoms with Gasteiger partial charge in [-0.15, -0.1) is 10.2 Å². The van der Waals surface area contributed by atoms with Crippen molar-refractivity contribution in [2.24, 2.45) is 18.4 Å². The summed E-state index contributed by atoms with van der Waals surface area (Å²) in [5.74, 6) is 0.331. The second kappa shape index (κ2) is 4.68. The molecule has 1 aromatic rings. The van der Waals surface area contributed by atoms with Crippen LogP contribution in [0, 0.1) is 11.3 Å². The summed E-state index contributed by atoms with van der Waals surface area (Å²) < 4.78 is 1.87. The van der Waals surface area contributed by atoms with E-state index in [0.29, 0.717) is 19.5 Å². The number of hydrogen-bond acceptors (Lipinski definition) is 4. The van der Waals surface area contributed by atoms with Gasteiger partial charge in [-0.1, -0.05) is 13.8 Å². The molecule has 0 bridgehead atoms. The summed E-state index contributed by atoms with van der Waals surface area (Å²) in [6.45, 7) is 6.03. The third kappa shape index (κ3) is 2.12. The lowest BCUT2D eigenvalue weighted by Gasteiger charge is -2.28. The summed E-state index contributed by atoms with van der Waals surface area (Å²) in [6.07, 6.45) is 2.37. The van der Waals surface area contributed by atoms with Gasteiger partial charge in [0.25, 0.3) is 0 Å². The summed E-state index contributed by atoms with van der Waals surface area (Å²) in [4.78, 5) is 13.7. The Bertz CT molecular complexity index is 443. The van der Waals surface area contributed by atoms with Crippen LogP contribution < -0.4 is 0 Å². The van der Waals surface area contributed by atoms with Crippen molar-refractivity contribution in [3.63, 3.8) is 0 Å². The number of aliphatic carboxylic acids is 1. The third-order valence-electron chi connectivity index (χ3n) is 4.08. The van der Waals surface area contributed by atoms with Crippen molar-refractivity contribution in [2.45, 2.75) is 26.8 Å². The lowest BCUT2D eigenvalue weighted by Crippen LogP contribution is -2.39. The number of likely N-dealkylation sites (tertiary alicyclic amines) is 1. The van der Waals surface area contributed by atoms with Gasteiger partial charge >= 0.3 is 5.97 Å². The highest BCUT2D eigenvalue weighted by atomic mass is 16.4. The van der Waals surface area contributed by atoms with E-state index in [4.69, 9.17) is 0 Å². The van der Waals surface area contributed by atoms with Crippen LogP contribution in [0.25, 0.3) is 0 Å². The smallest absolute Gasteiger partial charge is 0.311 e. The Morgan fingerprint density at radius 3 is 2.78 bits per heavy atom. The molecule has 1 aromatic heterocycles. The van der Waals surface area contributed by atoms with Crippen LogP contribution in [0.5, 0.6) is 0 Å². The average molecular weight is 252 g/mol. The quantitative estimate of drug-likeness (QED) is 0.856. The fraction of sp³-hybridized carbons (Fsp3) is 0.750. The Kier molecular flexibility index (Phi) is 3.38. The van der Waals surface area contributed by atoms with Crippen LogP contribution >= 0.6 is 0 Å². The standard InChI is InChI=1S/C12H20N4O2/c1-9(2)12(11(17)18)4-5-16(7-12)6-10-14-13-8-15(10)3/h8-9H,4-7H2,1-3H3,(H,17,18). The Balaban J connectivity index is 2.08. The zero-order chi connectivity index (χ0) is 13.3. The summed E-state index contributed by atoms with van der Waals surface area (Å²) in [5.41, 5.74) is -0.613. The van der Waals surface area contributed by atoms with Crippen molar-refractivity contribution < 1.29 is 9.90 Å². The van der Waals surface area contributed by atoms with Crippen LogP contribution in [0.1, 0.15) is 26.1 Å². The molecule has 0 saturated carbocycles. The fourth-order valence-electron chi connectivity index (χ4n) is 2.59. The fourth-order valence-corrected chi connectivity index (χ4v) is 2.59. The van der Waals surface area contributed by atoms with Gasteiger partial charge in [-0.3, -0.25) is 9.69 Å². The van der Waals surface area contributed by atoms with E-state index in [2.05, 4.69) is 15.1 Å². The molecular weight excluding hydrogens is 232 g/mol. The van der Waals surface area contributed by atoms with Gasteiger partial charge in [0, 0.05) is 13.6 Å². The first-order valence-corrected chi connectivity index (χ1v) is 6.24. The number of aromatic nitrogens is 3. The molecule has 18 heavy (non-hydrogen) atoms. The van der Waals surface area contributed by atoms with Gasteiger partial charge in [0.1, 0.15) is 12.2 Å². The van der Waals surface area contributed by atoms with E-state index in [1.165, 1.54) is 0 Å². The third-order valence-corrected chi connectivity index (χ3v) is 4.08. The molecule has 1 aliphatic rings. The van der Waals surface area contributed by atoms with Crippen LogP contribution in [0.4, 0.5) is 0 Å². The maximum Gasteiger partial charge on any atom is 0.311 e. The SMILES string of the molecule is CC(C)C1(C(=O)O)CCN(Cc2nncn2C)C1. The molecule has 1 unspecified atom stereocenters. The molecule has 0 radical (unpaired) electrons. The van der Waals surface area contributed by atoms with E-state index in [-0.39, 0.29) is 5.92 Å². The summed E-state index contributed by atoms with van der Waals surface area (Å²) in [5, 5.41) is 17.4. The number of carboxylic acids is 1. The molecule has 1 saturated heterocycles. The van der Waals surface area contributed by atoms with E-state index in [1.807, 2.05) is 25.5 Å². The van der Waals surface area contributed by atoms with Crippen LogP contribution in [0.15, 0.2) is 6.33 Å². The van der Waals surface area contributed by atoms with Gasteiger partial charge in [-0.25, -0.2) is 0 Å². The van der Waals surface area contributed by atoms with Crippen molar-refractivity contribution in [1.29, 1.82) is 0 Å². The maximum absolute atomic E-state index is 11.5. The highest BCUT2D eigenvalue weighted by Gasteiger charge is 2.47. The zero-order valence-electron chi connectivity index (χ0n) is 11.1. The maximum atomic E-state index is 11.5. The molecule has 100 valence electrons. The zero-order valence-corrected chi connectivity index (χ0v) is 11.1. The number of rotatable bonds is 4. The molecule has 0 amide bonds. The highest BCUT2D eigenvalue weighted by molar-refractivity contribution is 5.75. The minimum atomic E-state index is -0.682. The van der Waals surface area contributed by atoms with Gasteiger partial charge in [0.15, 0.2) is 0 Å². The van der Waals surface area contributed by atoms with E-state index >= 15 is 0 Å². The van der Waals surface area contributed by atoms with Gasteiger partial charge in [-0.2, -0.15) is 0 Å². The molecule has 2 heterocycles. The minimum Gasteiger partial charge on any atom is -0.481 e. The second-order valence-corrected chi connectivity index (χ2v) is 5.43. The van der Waals surface area contributed by atoms with E-state index in [0.717, 1.165) is 12.4 Å². The van der Waals surface area contributed by atoms with Crippen molar-refractivity contribution in [1.82, 2.24) is 19.7 Å². The van der Waals surface area contributed by atoms with E-state index in [9.17, 15) is 9.90 Å². The molecule has 2 rings (SSSR count). The summed E-state index contributed by atoms with van der Waals surface area (Å²) in [7, 11) is 1.90. The predicted octanol–water partition coefficient (Wildman–Crippen LogP) is 0.748. The van der Waals surface area contributed by atoms with Gasteiger partial charge in [0.05, 0.1) is 12.0 Å². The lowest BCUT2D eigenvalue weighted by atomic mass is 9.76. The Hall–Kier alpha value is -1.43. The van der Waals surface area contributed by atoms with E-state index in [1.54, 1.807) is 6.33 Å². The molecule has 1 atom stereocenters. The molecular formula is C12H20N4O2. The van der Waals surface area contributed by atoms with Crippen molar-refractivity contribution >= 4 is 5.97 Å². The molecule has 0 aliphatic carbocycles. The molecule has 0 spiro atoms. The van der Waals surface area contributed by atoms with Gasteiger partial charge in [0.2, 0.25) is 0 Å². The van der Waals surface area contributed by atoms with Crippen LogP contribution in [-0.2, 0) is 18.4 Å². The monoisotopic (exact) mass is 252 g/mol. The first kappa shape index (κ1) is 13.0. The summed E-state index contributed by atoms with van der Waals surface area (Å²) in [6, 6.07) is 0. The second-order valence-electron chi connectivity index (χ2n) is 5.43. The highest BCUT2D eigenvalue weighted by Crippen LogP contribution is 2.38. The van der Waals surface area contributed by atoms with Crippen molar-refractivity contribution in [3.05, 3.63) is 12.2 Å². The Labute approximate surface area is 107 Å². The molecule has 1 fully saturated rings. The lowest BCUT2D eigenvalue weighted by molar-refractivity contribution is -0.151. The average Bonchev–Trinajstić information content (AvgIpc) is 2.88. The van der Waals surface area contributed by atoms with Gasteiger partial charge < -0.3 is 9.67 Å². The largest absolute Gasteiger partial charge is 0.481 e. The molecule has 0 aromatic carbocycles. The van der Waals surface area contributed by atoms with Crippen molar-refractivity contribution in [3.8, 4) is 0 Å². The first-order valence-electron chi connectivity index (χ1n) is 6.24. The number of aryl methyl sites for hydroxylation is 1. The molecule has 1 N–H and O–H groups in total. The number of nitrogens with zero attached hydrogens (tertiary/aromatic N) is 4. The van der Waals surface area contributed by atoms with Crippen LogP contribution in [0.2, 0.25) is 0 Å². The Morgan fingerprint density at radius 1 is 1.61 bits per heavy atom. The van der Waals surface area contributed by atoms with Crippen LogP contribution in [-0.4, -0.2) is 43.8 Å².